The van der Waals surface area contributed by atoms with Crippen molar-refractivity contribution in [3.05, 3.63) is 77.4 Å². The number of amides is 2. The third-order valence-corrected chi connectivity index (χ3v) is 5.03. The summed E-state index contributed by atoms with van der Waals surface area (Å²) in [6.07, 6.45) is 4.39. The molecule has 0 saturated carbocycles. The number of aromatic nitrogens is 3. The molecule has 0 spiro atoms. The first kappa shape index (κ1) is 18.9. The summed E-state index contributed by atoms with van der Waals surface area (Å²) in [4.78, 5) is 24.7. The lowest BCUT2D eigenvalue weighted by atomic mass is 10.1. The number of nitrogens with zero attached hydrogens (tertiary/aromatic N) is 3. The molecule has 0 radical (unpaired) electrons. The summed E-state index contributed by atoms with van der Waals surface area (Å²) in [5, 5.41) is 14.2. The first-order valence-corrected chi connectivity index (χ1v) is 9.86. The molecule has 0 atom stereocenters. The monoisotopic (exact) mass is 389 g/mol. The van der Waals surface area contributed by atoms with Crippen molar-refractivity contribution in [3.63, 3.8) is 0 Å². The fraction of sp³-hybridized carbons (Fsp3) is 0.273. The van der Waals surface area contributed by atoms with E-state index in [4.69, 9.17) is 0 Å². The van der Waals surface area contributed by atoms with Crippen LogP contribution in [-0.2, 0) is 19.5 Å². The van der Waals surface area contributed by atoms with E-state index in [9.17, 15) is 9.59 Å². The molecule has 148 valence electrons. The second kappa shape index (κ2) is 8.68. The van der Waals surface area contributed by atoms with Crippen LogP contribution in [-0.4, -0.2) is 26.6 Å². The van der Waals surface area contributed by atoms with Gasteiger partial charge >= 0.3 is 0 Å². The van der Waals surface area contributed by atoms with E-state index in [1.165, 1.54) is 6.42 Å². The lowest BCUT2D eigenvalue weighted by Crippen LogP contribution is -2.25. The predicted molar refractivity (Wildman–Crippen MR) is 110 cm³/mol. The third kappa shape index (κ3) is 4.51. The minimum absolute atomic E-state index is 0.183. The van der Waals surface area contributed by atoms with Crippen LogP contribution in [0.25, 0.3) is 0 Å². The standard InChI is InChI=1S/C22H23N5O2/c28-21(23-15-20-26-25-19-9-5-2-6-14-27(19)20)17-10-12-18(13-11-17)24-22(29)16-7-3-1-4-8-16/h1,3-4,7-8,10-13H,2,5-6,9,14-15H2,(H,23,28)(H,24,29). The second-order valence-electron chi connectivity index (χ2n) is 7.07. The molecule has 1 aliphatic rings. The number of benzene rings is 2. The molecule has 7 nitrogen and oxygen atoms in total. The highest BCUT2D eigenvalue weighted by molar-refractivity contribution is 6.04. The minimum atomic E-state index is -0.185. The van der Waals surface area contributed by atoms with E-state index in [2.05, 4.69) is 25.4 Å². The van der Waals surface area contributed by atoms with Gasteiger partial charge in [-0.3, -0.25) is 9.59 Å². The van der Waals surface area contributed by atoms with E-state index >= 15 is 0 Å². The van der Waals surface area contributed by atoms with Crippen LogP contribution in [0.15, 0.2) is 54.6 Å². The summed E-state index contributed by atoms with van der Waals surface area (Å²) in [5.41, 5.74) is 1.75. The van der Waals surface area contributed by atoms with Crippen molar-refractivity contribution in [2.45, 2.75) is 38.8 Å². The van der Waals surface area contributed by atoms with Crippen LogP contribution in [0.2, 0.25) is 0 Å². The van der Waals surface area contributed by atoms with Crippen LogP contribution in [0, 0.1) is 0 Å². The van der Waals surface area contributed by atoms with Gasteiger partial charge in [0.05, 0.1) is 6.54 Å². The predicted octanol–water partition coefficient (Wildman–Crippen LogP) is 3.19. The highest BCUT2D eigenvalue weighted by Gasteiger charge is 2.15. The van der Waals surface area contributed by atoms with Crippen molar-refractivity contribution in [1.29, 1.82) is 0 Å². The van der Waals surface area contributed by atoms with Crippen LogP contribution in [0.3, 0.4) is 0 Å². The summed E-state index contributed by atoms with van der Waals surface area (Å²) < 4.78 is 2.12. The molecule has 1 aromatic heterocycles. The molecule has 7 heteroatoms. The van der Waals surface area contributed by atoms with Gasteiger partial charge in [-0.1, -0.05) is 24.6 Å². The minimum Gasteiger partial charge on any atom is -0.345 e. The van der Waals surface area contributed by atoms with Gasteiger partial charge in [0.15, 0.2) is 5.82 Å². The van der Waals surface area contributed by atoms with Crippen molar-refractivity contribution in [2.75, 3.05) is 5.32 Å². The number of rotatable bonds is 5. The Morgan fingerprint density at radius 3 is 2.41 bits per heavy atom. The Morgan fingerprint density at radius 2 is 1.62 bits per heavy atom. The van der Waals surface area contributed by atoms with E-state index in [0.29, 0.717) is 23.4 Å². The molecular formula is C22H23N5O2. The smallest absolute Gasteiger partial charge is 0.255 e. The number of aryl methyl sites for hydroxylation is 1. The van der Waals surface area contributed by atoms with Crippen molar-refractivity contribution in [1.82, 2.24) is 20.1 Å². The zero-order valence-corrected chi connectivity index (χ0v) is 16.1. The first-order valence-electron chi connectivity index (χ1n) is 9.86. The van der Waals surface area contributed by atoms with E-state index in [0.717, 1.165) is 37.5 Å². The fourth-order valence-electron chi connectivity index (χ4n) is 3.44. The van der Waals surface area contributed by atoms with Gasteiger partial charge in [0.25, 0.3) is 11.8 Å². The quantitative estimate of drug-likeness (QED) is 0.701. The summed E-state index contributed by atoms with van der Waals surface area (Å²) in [6, 6.07) is 15.8. The molecule has 0 saturated heterocycles. The van der Waals surface area contributed by atoms with Gasteiger partial charge < -0.3 is 15.2 Å². The zero-order chi connectivity index (χ0) is 20.1. The van der Waals surface area contributed by atoms with E-state index in [1.807, 2.05) is 18.2 Å². The number of hydrogen-bond donors (Lipinski definition) is 2. The molecule has 29 heavy (non-hydrogen) atoms. The molecule has 2 aromatic carbocycles. The van der Waals surface area contributed by atoms with Crippen LogP contribution < -0.4 is 10.6 Å². The van der Waals surface area contributed by atoms with Gasteiger partial charge in [0, 0.05) is 29.8 Å². The number of fused-ring (bicyclic) bond motifs is 1. The Morgan fingerprint density at radius 1 is 0.862 bits per heavy atom. The zero-order valence-electron chi connectivity index (χ0n) is 16.1. The molecule has 0 fully saturated rings. The Kier molecular flexibility index (Phi) is 5.65. The Bertz CT molecular complexity index is 996. The van der Waals surface area contributed by atoms with Crippen LogP contribution in [0.5, 0.6) is 0 Å². The fourth-order valence-corrected chi connectivity index (χ4v) is 3.44. The van der Waals surface area contributed by atoms with Crippen molar-refractivity contribution in [3.8, 4) is 0 Å². The van der Waals surface area contributed by atoms with Gasteiger partial charge in [-0.25, -0.2) is 0 Å². The number of carbonyl (C=O) groups excluding carboxylic acids is 2. The maximum absolute atomic E-state index is 12.5. The largest absolute Gasteiger partial charge is 0.345 e. The Hall–Kier alpha value is -3.48. The molecule has 2 heterocycles. The van der Waals surface area contributed by atoms with Crippen molar-refractivity contribution >= 4 is 17.5 Å². The average Bonchev–Trinajstić information content (AvgIpc) is 2.99. The Labute approximate surface area is 169 Å². The number of hydrogen-bond acceptors (Lipinski definition) is 4. The van der Waals surface area contributed by atoms with Gasteiger partial charge in [0.2, 0.25) is 0 Å². The van der Waals surface area contributed by atoms with E-state index < -0.39 is 0 Å². The number of anilines is 1. The number of nitrogens with one attached hydrogen (secondary N) is 2. The molecule has 3 aromatic rings. The third-order valence-electron chi connectivity index (χ3n) is 5.03. The molecule has 0 unspecified atom stereocenters. The van der Waals surface area contributed by atoms with Gasteiger partial charge in [-0.15, -0.1) is 10.2 Å². The van der Waals surface area contributed by atoms with E-state index in [-0.39, 0.29) is 11.8 Å². The molecule has 0 bridgehead atoms. The van der Waals surface area contributed by atoms with Gasteiger partial charge in [0.1, 0.15) is 5.82 Å². The molecule has 1 aliphatic heterocycles. The van der Waals surface area contributed by atoms with Crippen molar-refractivity contribution < 1.29 is 9.59 Å². The maximum atomic E-state index is 12.5. The van der Waals surface area contributed by atoms with Gasteiger partial charge in [-0.2, -0.15) is 0 Å². The SMILES string of the molecule is O=C(NCc1nnc2n1CCCCC2)c1ccc(NC(=O)c2ccccc2)cc1. The normalized spacial score (nSPS) is 13.2. The Balaban J connectivity index is 1.35. The van der Waals surface area contributed by atoms with Crippen molar-refractivity contribution in [2.24, 2.45) is 0 Å². The maximum Gasteiger partial charge on any atom is 0.255 e. The topological polar surface area (TPSA) is 88.9 Å². The average molecular weight is 389 g/mol. The van der Waals surface area contributed by atoms with Crippen LogP contribution in [0.1, 0.15) is 51.6 Å². The summed E-state index contributed by atoms with van der Waals surface area (Å²) in [5.74, 6) is 1.43. The summed E-state index contributed by atoms with van der Waals surface area (Å²) in [7, 11) is 0. The molecular weight excluding hydrogens is 366 g/mol. The highest BCUT2D eigenvalue weighted by atomic mass is 16.2. The first-order chi connectivity index (χ1) is 14.2. The molecule has 2 amide bonds. The van der Waals surface area contributed by atoms with Gasteiger partial charge in [-0.05, 0) is 49.2 Å². The lowest BCUT2D eigenvalue weighted by Gasteiger charge is -2.09. The molecule has 2 N–H and O–H groups in total. The highest BCUT2D eigenvalue weighted by Crippen LogP contribution is 2.15. The molecule has 0 aliphatic carbocycles. The summed E-state index contributed by atoms with van der Waals surface area (Å²) >= 11 is 0. The number of carbonyl (C=O) groups is 2. The lowest BCUT2D eigenvalue weighted by molar-refractivity contribution is 0.0949. The van der Waals surface area contributed by atoms with Crippen LogP contribution in [0.4, 0.5) is 5.69 Å². The van der Waals surface area contributed by atoms with Crippen LogP contribution >= 0.6 is 0 Å². The summed E-state index contributed by atoms with van der Waals surface area (Å²) in [6.45, 7) is 1.25. The molecule has 4 rings (SSSR count). The van der Waals surface area contributed by atoms with E-state index in [1.54, 1.807) is 36.4 Å². The second-order valence-corrected chi connectivity index (χ2v) is 7.07.